The Morgan fingerprint density at radius 3 is 2.63 bits per heavy atom. The molecule has 0 aliphatic carbocycles. The van der Waals surface area contributed by atoms with Gasteiger partial charge < -0.3 is 9.30 Å². The third kappa shape index (κ3) is 2.87. The van der Waals surface area contributed by atoms with Crippen LogP contribution in [0, 0.1) is 0 Å². The number of ether oxygens (including phenoxy) is 1. The van der Waals surface area contributed by atoms with Gasteiger partial charge in [0.05, 0.1) is 41.6 Å². The van der Waals surface area contributed by atoms with Gasteiger partial charge in [0.1, 0.15) is 6.04 Å². The number of amides is 2. The molecule has 0 unspecified atom stereocenters. The Hall–Kier alpha value is -3.48. The van der Waals surface area contributed by atoms with Crippen molar-refractivity contribution in [2.45, 2.75) is 19.4 Å². The lowest BCUT2D eigenvalue weighted by molar-refractivity contribution is -0.122. The van der Waals surface area contributed by atoms with Gasteiger partial charge in [-0.05, 0) is 43.3 Å². The summed E-state index contributed by atoms with van der Waals surface area (Å²) in [6.45, 7) is 2.01. The second-order valence-corrected chi connectivity index (χ2v) is 6.20. The highest BCUT2D eigenvalue weighted by Gasteiger charge is 2.41. The molecule has 0 bridgehead atoms. The van der Waals surface area contributed by atoms with E-state index in [2.05, 4.69) is 4.98 Å². The molecule has 7 nitrogen and oxygen atoms in total. The Labute approximate surface area is 155 Å². The summed E-state index contributed by atoms with van der Waals surface area (Å²) in [5.74, 6) is -1.04. The average Bonchev–Trinajstić information content (AvgIpc) is 3.22. The number of benzene rings is 2. The van der Waals surface area contributed by atoms with E-state index in [1.807, 2.05) is 24.3 Å². The molecule has 4 rings (SSSR count). The number of rotatable bonds is 4. The molecule has 1 fully saturated rings. The molecule has 1 aromatic heterocycles. The van der Waals surface area contributed by atoms with Crippen LogP contribution in [0.3, 0.4) is 0 Å². The number of imide groups is 1. The van der Waals surface area contributed by atoms with Gasteiger partial charge in [-0.1, -0.05) is 12.1 Å². The van der Waals surface area contributed by atoms with E-state index in [0.717, 1.165) is 15.9 Å². The summed E-state index contributed by atoms with van der Waals surface area (Å²) in [4.78, 5) is 42.7. The lowest BCUT2D eigenvalue weighted by Gasteiger charge is -2.16. The summed E-state index contributed by atoms with van der Waals surface area (Å²) < 4.78 is 6.68. The predicted octanol–water partition coefficient (Wildman–Crippen LogP) is 2.72. The first-order valence-corrected chi connectivity index (χ1v) is 8.65. The zero-order valence-corrected chi connectivity index (χ0v) is 14.7. The third-order valence-corrected chi connectivity index (χ3v) is 4.58. The molecular weight excluding hydrogens is 346 g/mol. The van der Waals surface area contributed by atoms with E-state index in [9.17, 15) is 14.4 Å². The number of carbonyl (C=O) groups excluding carboxylic acids is 3. The number of carbonyl (C=O) groups is 3. The first-order chi connectivity index (χ1) is 13.1. The average molecular weight is 363 g/mol. The highest BCUT2D eigenvalue weighted by atomic mass is 16.5. The maximum Gasteiger partial charge on any atom is 0.338 e. The van der Waals surface area contributed by atoms with Crippen molar-refractivity contribution in [3.8, 4) is 0 Å². The fourth-order valence-corrected chi connectivity index (χ4v) is 3.29. The Morgan fingerprint density at radius 2 is 1.89 bits per heavy atom. The fraction of sp³-hybridized carbons (Fsp3) is 0.200. The summed E-state index contributed by atoms with van der Waals surface area (Å²) in [7, 11) is 0. The fourth-order valence-electron chi connectivity index (χ4n) is 3.29. The van der Waals surface area contributed by atoms with Crippen LogP contribution in [0.2, 0.25) is 0 Å². The number of nitrogens with zero attached hydrogens (tertiary/aromatic N) is 3. The SMILES string of the molecule is CCOC(=O)c1ccc(N2C(=O)C[C@@H](n3cnc4ccccc43)C2=O)cc1. The van der Waals surface area contributed by atoms with Gasteiger partial charge in [0.15, 0.2) is 0 Å². The smallest absolute Gasteiger partial charge is 0.338 e. The number of aromatic nitrogens is 2. The van der Waals surface area contributed by atoms with Gasteiger partial charge in [0.2, 0.25) is 5.91 Å². The number of fused-ring (bicyclic) bond motifs is 1. The van der Waals surface area contributed by atoms with E-state index in [1.54, 1.807) is 42.1 Å². The topological polar surface area (TPSA) is 81.5 Å². The van der Waals surface area contributed by atoms with E-state index in [1.165, 1.54) is 0 Å². The van der Waals surface area contributed by atoms with Crippen molar-refractivity contribution in [1.29, 1.82) is 0 Å². The molecule has 27 heavy (non-hydrogen) atoms. The molecule has 7 heteroatoms. The van der Waals surface area contributed by atoms with E-state index < -0.39 is 12.0 Å². The van der Waals surface area contributed by atoms with E-state index in [4.69, 9.17) is 4.74 Å². The molecule has 3 aromatic rings. The van der Waals surface area contributed by atoms with Crippen LogP contribution in [0.5, 0.6) is 0 Å². The molecule has 136 valence electrons. The number of hydrogen-bond donors (Lipinski definition) is 0. The van der Waals surface area contributed by atoms with Crippen LogP contribution in [0.25, 0.3) is 11.0 Å². The molecule has 0 N–H and O–H groups in total. The Balaban J connectivity index is 1.62. The maximum atomic E-state index is 12.9. The largest absolute Gasteiger partial charge is 0.462 e. The Kier molecular flexibility index (Phi) is 4.19. The summed E-state index contributed by atoms with van der Waals surface area (Å²) in [5, 5.41) is 0. The van der Waals surface area contributed by atoms with Crippen molar-refractivity contribution < 1.29 is 19.1 Å². The number of anilines is 1. The molecule has 0 saturated carbocycles. The zero-order chi connectivity index (χ0) is 19.0. The molecule has 1 aliphatic rings. The molecule has 1 aliphatic heterocycles. The first-order valence-electron chi connectivity index (χ1n) is 8.65. The van der Waals surface area contributed by atoms with Crippen molar-refractivity contribution in [3.63, 3.8) is 0 Å². The lowest BCUT2D eigenvalue weighted by atomic mass is 10.2. The van der Waals surface area contributed by atoms with Crippen molar-refractivity contribution in [2.24, 2.45) is 0 Å². The van der Waals surface area contributed by atoms with Gasteiger partial charge in [0, 0.05) is 0 Å². The zero-order valence-electron chi connectivity index (χ0n) is 14.7. The number of imidazole rings is 1. The first kappa shape index (κ1) is 17.0. The van der Waals surface area contributed by atoms with E-state index in [-0.39, 0.29) is 24.8 Å². The second kappa shape index (κ2) is 6.68. The summed E-state index contributed by atoms with van der Waals surface area (Å²) >= 11 is 0. The summed E-state index contributed by atoms with van der Waals surface area (Å²) in [6.07, 6.45) is 1.66. The van der Waals surface area contributed by atoms with Crippen LogP contribution in [0.1, 0.15) is 29.7 Å². The Morgan fingerprint density at radius 1 is 1.15 bits per heavy atom. The van der Waals surface area contributed by atoms with Gasteiger partial charge in [-0.3, -0.25) is 9.59 Å². The molecule has 1 atom stereocenters. The van der Waals surface area contributed by atoms with Crippen LogP contribution in [0.15, 0.2) is 54.9 Å². The van der Waals surface area contributed by atoms with Gasteiger partial charge in [0.25, 0.3) is 5.91 Å². The Bertz CT molecular complexity index is 1040. The van der Waals surface area contributed by atoms with Gasteiger partial charge in [-0.2, -0.15) is 0 Å². The summed E-state index contributed by atoms with van der Waals surface area (Å²) in [6, 6.07) is 13.1. The van der Waals surface area contributed by atoms with Crippen LogP contribution in [0.4, 0.5) is 5.69 Å². The van der Waals surface area contributed by atoms with Crippen LogP contribution < -0.4 is 4.90 Å². The molecule has 2 heterocycles. The quantitative estimate of drug-likeness (QED) is 0.526. The molecule has 1 saturated heterocycles. The van der Waals surface area contributed by atoms with Crippen LogP contribution in [-0.4, -0.2) is 33.9 Å². The van der Waals surface area contributed by atoms with Crippen molar-refractivity contribution in [3.05, 3.63) is 60.4 Å². The number of hydrogen-bond acceptors (Lipinski definition) is 5. The van der Waals surface area contributed by atoms with Gasteiger partial charge >= 0.3 is 5.97 Å². The highest BCUT2D eigenvalue weighted by molar-refractivity contribution is 6.22. The minimum atomic E-state index is -0.630. The molecule has 0 radical (unpaired) electrons. The number of esters is 1. The van der Waals surface area contributed by atoms with Crippen molar-refractivity contribution in [2.75, 3.05) is 11.5 Å². The van der Waals surface area contributed by atoms with Crippen LogP contribution >= 0.6 is 0 Å². The molecule has 2 amide bonds. The maximum absolute atomic E-state index is 12.9. The normalized spacial score (nSPS) is 16.9. The van der Waals surface area contributed by atoms with Gasteiger partial charge in [-0.15, -0.1) is 0 Å². The lowest BCUT2D eigenvalue weighted by Crippen LogP contribution is -2.31. The van der Waals surface area contributed by atoms with Crippen molar-refractivity contribution >= 4 is 34.5 Å². The molecular formula is C20H17N3O4. The highest BCUT2D eigenvalue weighted by Crippen LogP contribution is 2.31. The second-order valence-electron chi connectivity index (χ2n) is 6.20. The summed E-state index contributed by atoms with van der Waals surface area (Å²) in [5.41, 5.74) is 2.39. The van der Waals surface area contributed by atoms with Gasteiger partial charge in [-0.25, -0.2) is 14.7 Å². The monoisotopic (exact) mass is 363 g/mol. The van der Waals surface area contributed by atoms with Crippen molar-refractivity contribution in [1.82, 2.24) is 9.55 Å². The predicted molar refractivity (Wildman–Crippen MR) is 98.3 cm³/mol. The standard InChI is InChI=1S/C20H17N3O4/c1-2-27-20(26)13-7-9-14(10-8-13)23-18(24)11-17(19(23)25)22-12-21-15-5-3-4-6-16(15)22/h3-10,12,17H,2,11H2,1H3/t17-/m1/s1. The number of para-hydroxylation sites is 2. The minimum absolute atomic E-state index is 0.0683. The third-order valence-electron chi connectivity index (χ3n) is 4.58. The minimum Gasteiger partial charge on any atom is -0.462 e. The van der Waals surface area contributed by atoms with Crippen LogP contribution in [-0.2, 0) is 14.3 Å². The molecule has 2 aromatic carbocycles. The van der Waals surface area contributed by atoms with E-state index >= 15 is 0 Å². The molecule has 0 spiro atoms. The van der Waals surface area contributed by atoms with E-state index in [0.29, 0.717) is 11.3 Å².